The Morgan fingerprint density at radius 2 is 1.92 bits per heavy atom. The van der Waals surface area contributed by atoms with Gasteiger partial charge in [0, 0.05) is 44.2 Å². The number of thiophene rings is 1. The van der Waals surface area contributed by atoms with Crippen molar-refractivity contribution in [2.75, 3.05) is 39.3 Å². The fourth-order valence-electron chi connectivity index (χ4n) is 3.22. The molecule has 2 aromatic rings. The minimum atomic E-state index is -0.115. The number of nitrogens with zero attached hydrogens (tertiary/aromatic N) is 2. The molecule has 0 spiro atoms. The normalized spacial score (nSPS) is 16.5. The lowest BCUT2D eigenvalue weighted by Crippen LogP contribution is -2.52. The molecule has 1 fully saturated rings. The van der Waals surface area contributed by atoms with Gasteiger partial charge in [0.25, 0.3) is 0 Å². The van der Waals surface area contributed by atoms with E-state index in [9.17, 15) is 4.79 Å². The first-order valence-corrected chi connectivity index (χ1v) is 10.0. The molecule has 140 valence electrons. The van der Waals surface area contributed by atoms with E-state index in [0.717, 1.165) is 49.6 Å². The summed E-state index contributed by atoms with van der Waals surface area (Å²) in [7, 11) is 0. The van der Waals surface area contributed by atoms with Crippen molar-refractivity contribution < 1.29 is 9.90 Å². The summed E-state index contributed by atoms with van der Waals surface area (Å²) < 4.78 is 0. The number of piperazine rings is 1. The zero-order valence-corrected chi connectivity index (χ0v) is 16.0. The van der Waals surface area contributed by atoms with Gasteiger partial charge in [0.15, 0.2) is 0 Å². The first-order valence-electron chi connectivity index (χ1n) is 9.16. The smallest absolute Gasteiger partial charge is 0.318 e. The van der Waals surface area contributed by atoms with Gasteiger partial charge in [-0.1, -0.05) is 35.9 Å². The Kier molecular flexibility index (Phi) is 6.66. The largest absolute Gasteiger partial charge is 0.396 e. The number of carbonyl (C=O) groups is 1. The van der Waals surface area contributed by atoms with E-state index in [1.807, 2.05) is 16.3 Å². The number of aliphatic hydroxyl groups is 1. The predicted octanol–water partition coefficient (Wildman–Crippen LogP) is 2.86. The molecule has 5 nitrogen and oxygen atoms in total. The number of nitrogens with one attached hydrogen (secondary N) is 1. The van der Waals surface area contributed by atoms with Gasteiger partial charge < -0.3 is 15.3 Å². The molecule has 1 saturated heterocycles. The average Bonchev–Trinajstić information content (AvgIpc) is 3.20. The number of hydrogen-bond acceptors (Lipinski definition) is 4. The van der Waals surface area contributed by atoms with Crippen molar-refractivity contribution in [3.63, 3.8) is 0 Å². The van der Waals surface area contributed by atoms with Gasteiger partial charge in [-0.3, -0.25) is 4.90 Å². The molecule has 3 rings (SSSR count). The lowest BCUT2D eigenvalue weighted by Gasteiger charge is -2.35. The average molecular weight is 374 g/mol. The van der Waals surface area contributed by atoms with Gasteiger partial charge in [0.05, 0.1) is 6.04 Å². The highest BCUT2D eigenvalue weighted by Crippen LogP contribution is 2.26. The molecule has 2 heterocycles. The Morgan fingerprint density at radius 3 is 2.54 bits per heavy atom. The van der Waals surface area contributed by atoms with Crippen molar-refractivity contribution in [3.05, 3.63) is 57.8 Å². The van der Waals surface area contributed by atoms with Crippen LogP contribution in [0.15, 0.2) is 41.8 Å². The van der Waals surface area contributed by atoms with Crippen LogP contribution in [0.5, 0.6) is 0 Å². The van der Waals surface area contributed by atoms with Gasteiger partial charge in [-0.15, -0.1) is 11.3 Å². The number of rotatable bonds is 6. The Bertz CT molecular complexity index is 680. The van der Waals surface area contributed by atoms with Crippen LogP contribution < -0.4 is 5.32 Å². The number of urea groups is 1. The molecule has 6 heteroatoms. The fourth-order valence-corrected chi connectivity index (χ4v) is 4.02. The van der Waals surface area contributed by atoms with E-state index in [2.05, 4.69) is 47.5 Å². The molecular weight excluding hydrogens is 346 g/mol. The van der Waals surface area contributed by atoms with Crippen LogP contribution >= 0.6 is 11.3 Å². The molecule has 0 bridgehead atoms. The molecule has 26 heavy (non-hydrogen) atoms. The molecule has 1 aromatic heterocycles. The third kappa shape index (κ3) is 4.84. The van der Waals surface area contributed by atoms with Crippen molar-refractivity contribution in [3.8, 4) is 0 Å². The number of benzene rings is 1. The summed E-state index contributed by atoms with van der Waals surface area (Å²) in [5.74, 6) is 0. The highest BCUT2D eigenvalue weighted by Gasteiger charge is 2.24. The van der Waals surface area contributed by atoms with Gasteiger partial charge in [-0.25, -0.2) is 4.79 Å². The Balaban J connectivity index is 1.64. The molecule has 1 aromatic carbocycles. The highest BCUT2D eigenvalue weighted by atomic mass is 32.1. The molecule has 0 aliphatic carbocycles. The van der Waals surface area contributed by atoms with Gasteiger partial charge in [0.2, 0.25) is 0 Å². The standard InChI is InChI=1S/C20H27N3O2S/c1-16-5-7-17(8-6-16)19(18-4-2-15-26-18)21-20(25)23-12-10-22(11-13-23)9-3-14-24/h2,4-8,15,19,24H,3,9-14H2,1H3,(H,21,25)/t19-/m0/s1. The highest BCUT2D eigenvalue weighted by molar-refractivity contribution is 7.10. The van der Waals surface area contributed by atoms with Crippen LogP contribution in [0.2, 0.25) is 0 Å². The Hall–Kier alpha value is -1.89. The second kappa shape index (κ2) is 9.16. The maximum Gasteiger partial charge on any atom is 0.318 e. The summed E-state index contributed by atoms with van der Waals surface area (Å²) in [5, 5.41) is 14.2. The van der Waals surface area contributed by atoms with E-state index >= 15 is 0 Å². The third-order valence-electron chi connectivity index (χ3n) is 4.80. The molecule has 2 amide bonds. The summed E-state index contributed by atoms with van der Waals surface area (Å²) in [6.07, 6.45) is 0.792. The van der Waals surface area contributed by atoms with Gasteiger partial charge >= 0.3 is 6.03 Å². The summed E-state index contributed by atoms with van der Waals surface area (Å²) in [6.45, 7) is 6.36. The third-order valence-corrected chi connectivity index (χ3v) is 5.74. The van der Waals surface area contributed by atoms with Crippen molar-refractivity contribution in [1.29, 1.82) is 0 Å². The lowest BCUT2D eigenvalue weighted by atomic mass is 10.0. The first-order chi connectivity index (χ1) is 12.7. The van der Waals surface area contributed by atoms with Gasteiger partial charge in [-0.2, -0.15) is 0 Å². The molecule has 0 unspecified atom stereocenters. The monoisotopic (exact) mass is 373 g/mol. The van der Waals surface area contributed by atoms with Crippen LogP contribution in [-0.2, 0) is 0 Å². The summed E-state index contributed by atoms with van der Waals surface area (Å²) in [4.78, 5) is 18.2. The van der Waals surface area contributed by atoms with Gasteiger partial charge in [-0.05, 0) is 30.4 Å². The van der Waals surface area contributed by atoms with Crippen LogP contribution in [0.3, 0.4) is 0 Å². The number of aryl methyl sites for hydroxylation is 1. The molecule has 2 N–H and O–H groups in total. The molecule has 1 atom stereocenters. The first kappa shape index (κ1) is 18.9. The zero-order chi connectivity index (χ0) is 18.4. The van der Waals surface area contributed by atoms with Crippen LogP contribution in [-0.4, -0.2) is 60.3 Å². The SMILES string of the molecule is Cc1ccc([C@H](NC(=O)N2CCN(CCCO)CC2)c2cccs2)cc1. The van der Waals surface area contributed by atoms with Crippen molar-refractivity contribution in [1.82, 2.24) is 15.1 Å². The number of hydrogen-bond donors (Lipinski definition) is 2. The number of aliphatic hydroxyl groups excluding tert-OH is 1. The molecule has 1 aliphatic rings. The second-order valence-corrected chi connectivity index (χ2v) is 7.69. The van der Waals surface area contributed by atoms with E-state index in [0.29, 0.717) is 0 Å². The van der Waals surface area contributed by atoms with E-state index < -0.39 is 0 Å². The lowest BCUT2D eigenvalue weighted by molar-refractivity contribution is 0.131. The Labute approximate surface area is 159 Å². The predicted molar refractivity (Wildman–Crippen MR) is 106 cm³/mol. The van der Waals surface area contributed by atoms with E-state index in [1.54, 1.807) is 11.3 Å². The van der Waals surface area contributed by atoms with Crippen LogP contribution in [0.1, 0.15) is 28.5 Å². The van der Waals surface area contributed by atoms with Crippen molar-refractivity contribution in [2.24, 2.45) is 0 Å². The van der Waals surface area contributed by atoms with E-state index in [-0.39, 0.29) is 18.7 Å². The minimum Gasteiger partial charge on any atom is -0.396 e. The summed E-state index contributed by atoms with van der Waals surface area (Å²) >= 11 is 1.66. The van der Waals surface area contributed by atoms with Crippen molar-refractivity contribution in [2.45, 2.75) is 19.4 Å². The summed E-state index contributed by atoms with van der Waals surface area (Å²) in [6, 6.07) is 12.3. The fraction of sp³-hybridized carbons (Fsp3) is 0.450. The second-order valence-electron chi connectivity index (χ2n) is 6.71. The molecule has 0 radical (unpaired) electrons. The van der Waals surface area contributed by atoms with E-state index in [1.165, 1.54) is 5.56 Å². The van der Waals surface area contributed by atoms with Crippen molar-refractivity contribution >= 4 is 17.4 Å². The van der Waals surface area contributed by atoms with Crippen LogP contribution in [0.25, 0.3) is 0 Å². The van der Waals surface area contributed by atoms with Gasteiger partial charge in [0.1, 0.15) is 0 Å². The maximum absolute atomic E-state index is 12.8. The summed E-state index contributed by atoms with van der Waals surface area (Å²) in [5.41, 5.74) is 2.32. The number of carbonyl (C=O) groups excluding carboxylic acids is 1. The number of amides is 2. The molecular formula is C20H27N3O2S. The zero-order valence-electron chi connectivity index (χ0n) is 15.2. The topological polar surface area (TPSA) is 55.8 Å². The maximum atomic E-state index is 12.8. The quantitative estimate of drug-likeness (QED) is 0.819. The van der Waals surface area contributed by atoms with Crippen LogP contribution in [0.4, 0.5) is 4.79 Å². The van der Waals surface area contributed by atoms with Crippen LogP contribution in [0, 0.1) is 6.92 Å². The molecule has 0 saturated carbocycles. The Morgan fingerprint density at radius 1 is 1.19 bits per heavy atom. The minimum absolute atomic E-state index is 0.00853. The van der Waals surface area contributed by atoms with E-state index in [4.69, 9.17) is 5.11 Å². The molecule has 1 aliphatic heterocycles.